The van der Waals surface area contributed by atoms with E-state index in [-0.39, 0.29) is 41.0 Å². The number of ether oxygens (including phenoxy) is 1. The topological polar surface area (TPSA) is 101 Å². The third-order valence-corrected chi connectivity index (χ3v) is 5.90. The van der Waals surface area contributed by atoms with Gasteiger partial charge in [-0.05, 0) is 42.7 Å². The van der Waals surface area contributed by atoms with Crippen molar-refractivity contribution in [3.05, 3.63) is 71.1 Å². The summed E-state index contributed by atoms with van der Waals surface area (Å²) < 4.78 is 79.5. The molecular weight excluding hydrogens is 497 g/mol. The SMILES string of the molecule is CC(F)(F)c1ccccc1/C=C/COc1ccc(-c2noc([C@@H]3CCCN3C(=N)N)n2)cc1C(F)(F)F. The van der Waals surface area contributed by atoms with Crippen molar-refractivity contribution < 1.29 is 31.2 Å². The molecule has 0 spiro atoms. The number of nitrogens with zero attached hydrogens (tertiary/aromatic N) is 3. The van der Waals surface area contributed by atoms with Crippen LogP contribution in [0.4, 0.5) is 22.0 Å². The predicted octanol–water partition coefficient (Wildman–Crippen LogP) is 5.99. The van der Waals surface area contributed by atoms with Crippen LogP contribution in [0.25, 0.3) is 17.5 Å². The number of rotatable bonds is 7. The maximum absolute atomic E-state index is 13.8. The van der Waals surface area contributed by atoms with E-state index in [1.165, 1.54) is 36.4 Å². The number of aromatic nitrogens is 2. The average Bonchev–Trinajstić information content (AvgIpc) is 3.51. The third-order valence-electron chi connectivity index (χ3n) is 5.90. The van der Waals surface area contributed by atoms with E-state index < -0.39 is 29.5 Å². The van der Waals surface area contributed by atoms with Crippen molar-refractivity contribution in [3.8, 4) is 17.1 Å². The molecular formula is C25H24F5N5O2. The van der Waals surface area contributed by atoms with Crippen LogP contribution >= 0.6 is 0 Å². The molecule has 1 aromatic heterocycles. The molecule has 1 aliphatic heterocycles. The fourth-order valence-corrected chi connectivity index (χ4v) is 4.17. The van der Waals surface area contributed by atoms with E-state index in [2.05, 4.69) is 10.1 Å². The monoisotopic (exact) mass is 521 g/mol. The Bertz CT molecular complexity index is 1300. The maximum atomic E-state index is 13.8. The smallest absolute Gasteiger partial charge is 0.419 e. The Balaban J connectivity index is 1.52. The highest BCUT2D eigenvalue weighted by Crippen LogP contribution is 2.39. The normalized spacial score (nSPS) is 16.5. The second-order valence-corrected chi connectivity index (χ2v) is 8.59. The number of nitrogens with two attached hydrogens (primary N) is 1. The van der Waals surface area contributed by atoms with Crippen LogP contribution < -0.4 is 10.5 Å². The van der Waals surface area contributed by atoms with Crippen molar-refractivity contribution in [2.45, 2.75) is 37.9 Å². The van der Waals surface area contributed by atoms with E-state index in [0.717, 1.165) is 25.5 Å². The molecule has 7 nitrogen and oxygen atoms in total. The zero-order valence-corrected chi connectivity index (χ0v) is 19.7. The van der Waals surface area contributed by atoms with Crippen molar-refractivity contribution in [3.63, 3.8) is 0 Å². The van der Waals surface area contributed by atoms with Crippen LogP contribution in [0.15, 0.2) is 53.1 Å². The summed E-state index contributed by atoms with van der Waals surface area (Å²) in [6.45, 7) is 1.04. The fraction of sp³-hybridized carbons (Fsp3) is 0.320. The summed E-state index contributed by atoms with van der Waals surface area (Å²) in [5, 5.41) is 11.5. The van der Waals surface area contributed by atoms with E-state index in [4.69, 9.17) is 20.4 Å². The van der Waals surface area contributed by atoms with Crippen molar-refractivity contribution >= 4 is 12.0 Å². The van der Waals surface area contributed by atoms with Gasteiger partial charge in [-0.2, -0.15) is 18.2 Å². The fourth-order valence-electron chi connectivity index (χ4n) is 4.17. The minimum atomic E-state index is -4.74. The first kappa shape index (κ1) is 26.1. The van der Waals surface area contributed by atoms with Crippen LogP contribution in [0.2, 0.25) is 0 Å². The molecule has 2 heterocycles. The Hall–Kier alpha value is -3.96. The van der Waals surface area contributed by atoms with E-state index in [1.807, 2.05) is 0 Å². The molecule has 0 saturated carbocycles. The number of benzene rings is 2. The van der Waals surface area contributed by atoms with Gasteiger partial charge < -0.3 is 19.9 Å². The van der Waals surface area contributed by atoms with E-state index in [0.29, 0.717) is 13.0 Å². The zero-order valence-electron chi connectivity index (χ0n) is 19.7. The van der Waals surface area contributed by atoms with Gasteiger partial charge in [0, 0.05) is 24.6 Å². The largest absolute Gasteiger partial charge is 0.489 e. The number of alkyl halides is 5. The number of halogens is 5. The lowest BCUT2D eigenvalue weighted by Gasteiger charge is -2.21. The molecule has 196 valence electrons. The lowest BCUT2D eigenvalue weighted by Crippen LogP contribution is -2.35. The van der Waals surface area contributed by atoms with Gasteiger partial charge in [-0.1, -0.05) is 35.5 Å². The minimum Gasteiger partial charge on any atom is -0.489 e. The first-order valence-electron chi connectivity index (χ1n) is 11.4. The summed E-state index contributed by atoms with van der Waals surface area (Å²) in [6, 6.07) is 8.81. The summed E-state index contributed by atoms with van der Waals surface area (Å²) in [6.07, 6.45) is -0.618. The first-order chi connectivity index (χ1) is 17.4. The Labute approximate surface area is 209 Å². The zero-order chi connectivity index (χ0) is 26.8. The minimum absolute atomic E-state index is 0.0422. The van der Waals surface area contributed by atoms with Crippen LogP contribution in [0.1, 0.15) is 48.4 Å². The molecule has 0 unspecified atom stereocenters. The highest BCUT2D eigenvalue weighted by Gasteiger charge is 2.36. The summed E-state index contributed by atoms with van der Waals surface area (Å²) in [5.41, 5.74) is 4.64. The van der Waals surface area contributed by atoms with Gasteiger partial charge in [-0.25, -0.2) is 8.78 Å². The Morgan fingerprint density at radius 2 is 1.95 bits per heavy atom. The lowest BCUT2D eigenvalue weighted by atomic mass is 10.0. The van der Waals surface area contributed by atoms with Crippen molar-refractivity contribution in [1.29, 1.82) is 5.41 Å². The molecule has 1 aliphatic rings. The predicted molar refractivity (Wildman–Crippen MR) is 126 cm³/mol. The van der Waals surface area contributed by atoms with Crippen molar-refractivity contribution in [2.75, 3.05) is 13.2 Å². The van der Waals surface area contributed by atoms with E-state index in [1.54, 1.807) is 11.0 Å². The van der Waals surface area contributed by atoms with Crippen LogP contribution in [-0.4, -0.2) is 34.2 Å². The molecule has 4 rings (SSSR count). The van der Waals surface area contributed by atoms with E-state index >= 15 is 0 Å². The number of hydrogen-bond donors (Lipinski definition) is 2. The van der Waals surface area contributed by atoms with Gasteiger partial charge in [0.1, 0.15) is 18.4 Å². The van der Waals surface area contributed by atoms with Gasteiger partial charge in [-0.3, -0.25) is 5.41 Å². The molecule has 3 N–H and O–H groups in total. The van der Waals surface area contributed by atoms with E-state index in [9.17, 15) is 22.0 Å². The summed E-state index contributed by atoms with van der Waals surface area (Å²) in [5.74, 6) is -3.53. The number of guanidine groups is 1. The average molecular weight is 521 g/mol. The van der Waals surface area contributed by atoms with Crippen LogP contribution in [0, 0.1) is 5.41 Å². The number of likely N-dealkylation sites (tertiary alicyclic amines) is 1. The summed E-state index contributed by atoms with van der Waals surface area (Å²) in [7, 11) is 0. The van der Waals surface area contributed by atoms with Crippen LogP contribution in [-0.2, 0) is 12.1 Å². The molecule has 0 bridgehead atoms. The lowest BCUT2D eigenvalue weighted by molar-refractivity contribution is -0.138. The van der Waals surface area contributed by atoms with Crippen LogP contribution in [0.3, 0.4) is 0 Å². The Kier molecular flexibility index (Phi) is 7.19. The van der Waals surface area contributed by atoms with Crippen molar-refractivity contribution in [2.24, 2.45) is 5.73 Å². The molecule has 3 aromatic rings. The first-order valence-corrected chi connectivity index (χ1v) is 11.4. The van der Waals surface area contributed by atoms with Crippen molar-refractivity contribution in [1.82, 2.24) is 15.0 Å². The van der Waals surface area contributed by atoms with Gasteiger partial charge in [0.2, 0.25) is 11.7 Å². The quantitative estimate of drug-likeness (QED) is 0.225. The molecule has 0 amide bonds. The number of nitrogens with one attached hydrogen (secondary N) is 1. The van der Waals surface area contributed by atoms with Gasteiger partial charge >= 0.3 is 6.18 Å². The van der Waals surface area contributed by atoms with Crippen LogP contribution in [0.5, 0.6) is 5.75 Å². The second kappa shape index (κ2) is 10.2. The molecule has 1 atom stereocenters. The molecule has 2 aromatic carbocycles. The summed E-state index contributed by atoms with van der Waals surface area (Å²) >= 11 is 0. The highest BCUT2D eigenvalue weighted by atomic mass is 19.4. The summed E-state index contributed by atoms with van der Waals surface area (Å²) in [4.78, 5) is 5.82. The molecule has 37 heavy (non-hydrogen) atoms. The molecule has 1 fully saturated rings. The molecule has 12 heteroatoms. The molecule has 0 radical (unpaired) electrons. The maximum Gasteiger partial charge on any atom is 0.419 e. The van der Waals surface area contributed by atoms with Gasteiger partial charge in [0.15, 0.2) is 5.96 Å². The Morgan fingerprint density at radius 3 is 2.65 bits per heavy atom. The third kappa shape index (κ3) is 5.89. The highest BCUT2D eigenvalue weighted by molar-refractivity contribution is 5.75. The number of hydrogen-bond acceptors (Lipinski definition) is 5. The van der Waals surface area contributed by atoms with Gasteiger partial charge in [-0.15, -0.1) is 0 Å². The van der Waals surface area contributed by atoms with Gasteiger partial charge in [0.05, 0.1) is 5.56 Å². The molecule has 0 aliphatic carbocycles. The Morgan fingerprint density at radius 1 is 1.19 bits per heavy atom. The second-order valence-electron chi connectivity index (χ2n) is 8.59. The standard InChI is InChI=1S/C25H24F5N5O2/c1-24(26,27)17-8-3-2-6-15(17)7-5-13-36-20-11-10-16(14-18(20)25(28,29)30)21-33-22(37-34-21)19-9-4-12-35(19)23(31)32/h2-3,5-8,10-11,14,19H,4,9,12-13H2,1H3,(H3,31,32)/b7-5+/t19-/m0/s1. The molecule has 1 saturated heterocycles. The van der Waals surface area contributed by atoms with Gasteiger partial charge in [0.25, 0.3) is 5.92 Å².